The van der Waals surface area contributed by atoms with Crippen molar-refractivity contribution < 1.29 is 9.90 Å². The van der Waals surface area contributed by atoms with Crippen LogP contribution in [0.4, 0.5) is 0 Å². The molecule has 0 spiro atoms. The number of carboxylic acids is 1. The summed E-state index contributed by atoms with van der Waals surface area (Å²) in [5, 5.41) is 16.4. The SMILES string of the molecule is N=C(N)c1c(Cl)ccc(-n2c(C(=O)O)nc(Cl)c2Cl)c1Cl. The van der Waals surface area contributed by atoms with Crippen molar-refractivity contribution in [3.05, 3.63) is 43.9 Å². The molecule has 6 nitrogen and oxygen atoms in total. The van der Waals surface area contributed by atoms with Crippen LogP contribution in [0.5, 0.6) is 0 Å². The molecule has 0 bridgehead atoms. The number of amidine groups is 1. The number of carboxylic acid groups (broad SMARTS) is 1. The normalized spacial score (nSPS) is 10.7. The number of nitrogen functional groups attached to an aromatic ring is 1. The number of hydrogen-bond donors (Lipinski definition) is 3. The first kappa shape index (κ1) is 15.9. The molecule has 0 aliphatic carbocycles. The van der Waals surface area contributed by atoms with Gasteiger partial charge in [0.1, 0.15) is 5.84 Å². The van der Waals surface area contributed by atoms with E-state index < -0.39 is 11.8 Å². The van der Waals surface area contributed by atoms with Crippen molar-refractivity contribution in [1.82, 2.24) is 9.55 Å². The van der Waals surface area contributed by atoms with Gasteiger partial charge in [-0.15, -0.1) is 0 Å². The van der Waals surface area contributed by atoms with Gasteiger partial charge in [0, 0.05) is 0 Å². The molecular weight excluding hydrogens is 362 g/mol. The second-order valence-electron chi connectivity index (χ2n) is 3.83. The minimum absolute atomic E-state index is 0.0338. The summed E-state index contributed by atoms with van der Waals surface area (Å²) in [5.74, 6) is -2.14. The monoisotopic (exact) mass is 366 g/mol. The van der Waals surface area contributed by atoms with Crippen LogP contribution in [-0.4, -0.2) is 26.5 Å². The highest BCUT2D eigenvalue weighted by Gasteiger charge is 2.24. The quantitative estimate of drug-likeness (QED) is 0.570. The number of hydrogen-bond acceptors (Lipinski definition) is 3. The van der Waals surface area contributed by atoms with E-state index in [2.05, 4.69) is 4.98 Å². The van der Waals surface area contributed by atoms with Gasteiger partial charge in [0.05, 0.1) is 21.3 Å². The van der Waals surface area contributed by atoms with E-state index in [1.165, 1.54) is 12.1 Å². The van der Waals surface area contributed by atoms with Gasteiger partial charge in [-0.2, -0.15) is 0 Å². The van der Waals surface area contributed by atoms with Gasteiger partial charge in [0.15, 0.2) is 10.3 Å². The van der Waals surface area contributed by atoms with Crippen LogP contribution in [0, 0.1) is 5.41 Å². The summed E-state index contributed by atoms with van der Waals surface area (Å²) in [6.07, 6.45) is 0. The third-order valence-electron chi connectivity index (χ3n) is 2.55. The summed E-state index contributed by atoms with van der Waals surface area (Å²) in [6, 6.07) is 2.84. The molecule has 0 unspecified atom stereocenters. The van der Waals surface area contributed by atoms with E-state index in [0.29, 0.717) is 0 Å². The average Bonchev–Trinajstić information content (AvgIpc) is 2.66. The van der Waals surface area contributed by atoms with E-state index in [0.717, 1.165) is 4.57 Å². The molecule has 1 heterocycles. The Balaban J connectivity index is 2.83. The number of nitrogens with two attached hydrogens (primary N) is 1. The predicted molar refractivity (Wildman–Crippen MR) is 81.6 cm³/mol. The van der Waals surface area contributed by atoms with Gasteiger partial charge in [0.2, 0.25) is 5.82 Å². The second kappa shape index (κ2) is 5.73. The number of nitrogens with zero attached hydrogens (tertiary/aromatic N) is 2. The first-order valence-corrected chi connectivity index (χ1v) is 6.76. The molecule has 0 aliphatic rings. The van der Waals surface area contributed by atoms with Gasteiger partial charge >= 0.3 is 5.97 Å². The molecule has 0 saturated carbocycles. The number of benzene rings is 1. The zero-order valence-corrected chi connectivity index (χ0v) is 13.0. The first-order chi connectivity index (χ1) is 9.75. The maximum atomic E-state index is 11.2. The lowest BCUT2D eigenvalue weighted by Gasteiger charge is -2.13. The van der Waals surface area contributed by atoms with Crippen molar-refractivity contribution in [2.75, 3.05) is 0 Å². The molecule has 0 saturated heterocycles. The summed E-state index contributed by atoms with van der Waals surface area (Å²) >= 11 is 23.8. The molecule has 21 heavy (non-hydrogen) atoms. The second-order valence-corrected chi connectivity index (χ2v) is 5.33. The molecule has 110 valence electrons. The molecular formula is C11H6Cl4N4O2. The molecule has 0 amide bonds. The summed E-state index contributed by atoms with van der Waals surface area (Å²) < 4.78 is 1.04. The number of aromatic carboxylic acids is 1. The lowest BCUT2D eigenvalue weighted by Crippen LogP contribution is -2.15. The summed E-state index contributed by atoms with van der Waals surface area (Å²) in [7, 11) is 0. The van der Waals surface area contributed by atoms with Crippen LogP contribution in [-0.2, 0) is 0 Å². The van der Waals surface area contributed by atoms with Crippen molar-refractivity contribution in [3.8, 4) is 5.69 Å². The van der Waals surface area contributed by atoms with Crippen molar-refractivity contribution >= 4 is 58.2 Å². The molecule has 1 aromatic heterocycles. The van der Waals surface area contributed by atoms with Crippen molar-refractivity contribution in [2.24, 2.45) is 5.73 Å². The van der Waals surface area contributed by atoms with Crippen LogP contribution in [0.2, 0.25) is 20.4 Å². The fourth-order valence-electron chi connectivity index (χ4n) is 1.70. The fourth-order valence-corrected chi connectivity index (χ4v) is 2.74. The van der Waals surface area contributed by atoms with Crippen LogP contribution in [0.25, 0.3) is 5.69 Å². The Morgan fingerprint density at radius 3 is 2.43 bits per heavy atom. The van der Waals surface area contributed by atoms with Crippen LogP contribution < -0.4 is 5.73 Å². The van der Waals surface area contributed by atoms with Crippen LogP contribution in [0.1, 0.15) is 16.2 Å². The van der Waals surface area contributed by atoms with Crippen molar-refractivity contribution in [2.45, 2.75) is 0 Å². The van der Waals surface area contributed by atoms with Gasteiger partial charge < -0.3 is 10.8 Å². The highest BCUT2D eigenvalue weighted by Crippen LogP contribution is 2.35. The minimum atomic E-state index is -1.35. The van der Waals surface area contributed by atoms with Crippen molar-refractivity contribution in [3.63, 3.8) is 0 Å². The van der Waals surface area contributed by atoms with Crippen LogP contribution in [0.15, 0.2) is 12.1 Å². The minimum Gasteiger partial charge on any atom is -0.475 e. The highest BCUT2D eigenvalue weighted by atomic mass is 35.5. The molecule has 2 aromatic rings. The highest BCUT2D eigenvalue weighted by molar-refractivity contribution is 6.42. The molecule has 2 rings (SSSR count). The zero-order chi connectivity index (χ0) is 15.9. The number of aromatic nitrogens is 2. The summed E-state index contributed by atoms with van der Waals surface area (Å²) in [4.78, 5) is 14.9. The molecule has 0 aliphatic heterocycles. The van der Waals surface area contributed by atoms with Crippen LogP contribution in [0.3, 0.4) is 0 Å². The number of imidazole rings is 1. The van der Waals surface area contributed by atoms with Gasteiger partial charge in [0.25, 0.3) is 0 Å². The lowest BCUT2D eigenvalue weighted by atomic mass is 10.1. The summed E-state index contributed by atoms with van der Waals surface area (Å²) in [5.41, 5.74) is 5.63. The van der Waals surface area contributed by atoms with Gasteiger partial charge in [-0.05, 0) is 12.1 Å². The number of carbonyl (C=O) groups is 1. The van der Waals surface area contributed by atoms with E-state index in [-0.39, 0.29) is 37.4 Å². The number of halogens is 4. The van der Waals surface area contributed by atoms with Gasteiger partial charge in [-0.3, -0.25) is 9.98 Å². The Labute approximate surface area is 138 Å². The maximum Gasteiger partial charge on any atom is 0.372 e. The molecule has 10 heteroatoms. The Morgan fingerprint density at radius 2 is 1.90 bits per heavy atom. The average molecular weight is 368 g/mol. The van der Waals surface area contributed by atoms with Gasteiger partial charge in [-0.25, -0.2) is 9.78 Å². The first-order valence-electron chi connectivity index (χ1n) is 5.25. The lowest BCUT2D eigenvalue weighted by molar-refractivity contribution is 0.0681. The summed E-state index contributed by atoms with van der Waals surface area (Å²) in [6.45, 7) is 0. The topological polar surface area (TPSA) is 105 Å². The predicted octanol–water partition coefficient (Wildman–Crippen LogP) is 3.47. The van der Waals surface area contributed by atoms with E-state index >= 15 is 0 Å². The number of nitrogens with one attached hydrogen (secondary N) is 1. The Hall–Kier alpha value is -1.47. The van der Waals surface area contributed by atoms with Crippen molar-refractivity contribution in [1.29, 1.82) is 5.41 Å². The van der Waals surface area contributed by atoms with Crippen LogP contribution >= 0.6 is 46.4 Å². The zero-order valence-electron chi connectivity index (χ0n) is 9.99. The molecule has 4 N–H and O–H groups in total. The molecule has 0 radical (unpaired) electrons. The Kier molecular flexibility index (Phi) is 4.34. The van der Waals surface area contributed by atoms with E-state index in [9.17, 15) is 4.79 Å². The standard InChI is InChI=1S/C11H6Cl4N4O2/c12-3-1-2-4(6(13)5(3)9(16)17)19-8(15)7(14)18-10(19)11(20)21/h1-2H,(H3,16,17)(H,20,21). The third kappa shape index (κ3) is 2.67. The Bertz CT molecular complexity index is 772. The third-order valence-corrected chi connectivity index (χ3v) is 3.96. The molecule has 0 fully saturated rings. The molecule has 0 atom stereocenters. The molecule has 1 aromatic carbocycles. The fraction of sp³-hybridized carbons (Fsp3) is 0. The smallest absolute Gasteiger partial charge is 0.372 e. The van der Waals surface area contributed by atoms with E-state index in [1.807, 2.05) is 0 Å². The van der Waals surface area contributed by atoms with E-state index in [1.54, 1.807) is 0 Å². The van der Waals surface area contributed by atoms with E-state index in [4.69, 9.17) is 62.7 Å². The Morgan fingerprint density at radius 1 is 1.29 bits per heavy atom. The largest absolute Gasteiger partial charge is 0.475 e. The maximum absolute atomic E-state index is 11.2. The van der Waals surface area contributed by atoms with Gasteiger partial charge in [-0.1, -0.05) is 46.4 Å². The number of rotatable bonds is 3.